The van der Waals surface area contributed by atoms with Crippen molar-refractivity contribution in [3.63, 3.8) is 0 Å². The van der Waals surface area contributed by atoms with Crippen LogP contribution in [0.2, 0.25) is 0 Å². The average molecular weight is 405 g/mol. The fourth-order valence-electron chi connectivity index (χ4n) is 3.40. The van der Waals surface area contributed by atoms with Crippen molar-refractivity contribution in [2.45, 2.75) is 27.3 Å². The number of nitrogens with zero attached hydrogens (tertiary/aromatic N) is 2. The molecular formula is C25H28N2O3. The molecule has 0 fully saturated rings. The third-order valence-corrected chi connectivity index (χ3v) is 5.33. The van der Waals surface area contributed by atoms with Crippen LogP contribution in [0.1, 0.15) is 44.6 Å². The van der Waals surface area contributed by atoms with E-state index >= 15 is 0 Å². The van der Waals surface area contributed by atoms with E-state index in [2.05, 4.69) is 16.7 Å². The minimum atomic E-state index is -0.0789. The monoisotopic (exact) mass is 404 g/mol. The highest BCUT2D eigenvalue weighted by atomic mass is 16.5. The summed E-state index contributed by atoms with van der Waals surface area (Å²) in [6, 6.07) is 19.1. The first-order chi connectivity index (χ1) is 14.4. The molecule has 5 nitrogen and oxygen atoms in total. The molecule has 0 aliphatic carbocycles. The number of carbonyl (C=O) groups is 2. The van der Waals surface area contributed by atoms with Crippen LogP contribution >= 0.6 is 0 Å². The molecule has 0 aliphatic heterocycles. The van der Waals surface area contributed by atoms with Crippen LogP contribution in [0.25, 0.3) is 0 Å². The first-order valence-corrected chi connectivity index (χ1v) is 10.1. The van der Waals surface area contributed by atoms with Gasteiger partial charge in [0.1, 0.15) is 5.75 Å². The first kappa shape index (κ1) is 21.4. The molecular weight excluding hydrogens is 376 g/mol. The van der Waals surface area contributed by atoms with Gasteiger partial charge in [-0.15, -0.1) is 0 Å². The summed E-state index contributed by atoms with van der Waals surface area (Å²) in [4.78, 5) is 26.8. The highest BCUT2D eigenvalue weighted by Gasteiger charge is 2.17. The van der Waals surface area contributed by atoms with E-state index in [0.717, 1.165) is 17.9 Å². The lowest BCUT2D eigenvalue weighted by molar-refractivity contribution is 0.0802. The topological polar surface area (TPSA) is 51.5 Å². The average Bonchev–Trinajstić information content (AvgIpc) is 3.05. The summed E-state index contributed by atoms with van der Waals surface area (Å²) in [7, 11) is 1.75. The molecule has 1 amide bonds. The third-order valence-electron chi connectivity index (χ3n) is 5.33. The van der Waals surface area contributed by atoms with E-state index in [9.17, 15) is 9.59 Å². The lowest BCUT2D eigenvalue weighted by Gasteiger charge is -2.15. The normalized spacial score (nSPS) is 10.7. The second kappa shape index (κ2) is 9.44. The Morgan fingerprint density at radius 1 is 1.00 bits per heavy atom. The van der Waals surface area contributed by atoms with E-state index in [1.165, 1.54) is 5.56 Å². The zero-order valence-corrected chi connectivity index (χ0v) is 18.0. The summed E-state index contributed by atoms with van der Waals surface area (Å²) in [5, 5.41) is 0. The molecule has 30 heavy (non-hydrogen) atoms. The molecule has 3 rings (SSSR count). The van der Waals surface area contributed by atoms with Gasteiger partial charge in [0.15, 0.2) is 6.61 Å². The van der Waals surface area contributed by atoms with Gasteiger partial charge in [-0.1, -0.05) is 36.4 Å². The molecule has 0 aliphatic rings. The Balaban J connectivity index is 1.70. The molecule has 0 saturated heterocycles. The molecule has 0 N–H and O–H groups in total. The molecule has 0 spiro atoms. The largest absolute Gasteiger partial charge is 0.485 e. The number of Topliss-reactive ketones (excluding diaryl/α,β-unsaturated/α-hetero) is 1. The van der Waals surface area contributed by atoms with Crippen molar-refractivity contribution in [1.29, 1.82) is 0 Å². The molecule has 3 aromatic rings. The van der Waals surface area contributed by atoms with Gasteiger partial charge in [0.2, 0.25) is 5.78 Å². The SMILES string of the molecule is CCN(C)C(=O)c1cccc(OCC(=O)c2cc(C)n(Cc3ccccc3)c2C)c1. The summed E-state index contributed by atoms with van der Waals surface area (Å²) >= 11 is 0. The van der Waals surface area contributed by atoms with Gasteiger partial charge in [-0.3, -0.25) is 9.59 Å². The highest BCUT2D eigenvalue weighted by Crippen LogP contribution is 2.19. The molecule has 0 bridgehead atoms. The number of rotatable bonds is 8. The molecule has 5 heteroatoms. The molecule has 1 heterocycles. The predicted molar refractivity (Wildman–Crippen MR) is 118 cm³/mol. The highest BCUT2D eigenvalue weighted by molar-refractivity contribution is 5.98. The number of hydrogen-bond acceptors (Lipinski definition) is 3. The predicted octanol–water partition coefficient (Wildman–Crippen LogP) is 4.51. The van der Waals surface area contributed by atoms with Gasteiger partial charge >= 0.3 is 0 Å². The standard InChI is InChI=1S/C25H28N2O3/c1-5-26(4)25(29)21-12-9-13-22(15-21)30-17-24(28)23-14-18(2)27(19(23)3)16-20-10-7-6-8-11-20/h6-15H,5,16-17H2,1-4H3. The fourth-order valence-corrected chi connectivity index (χ4v) is 3.40. The van der Waals surface area contributed by atoms with Crippen LogP contribution in [0.5, 0.6) is 5.75 Å². The Morgan fingerprint density at radius 2 is 1.73 bits per heavy atom. The number of carbonyl (C=O) groups excluding carboxylic acids is 2. The number of benzene rings is 2. The molecule has 0 saturated carbocycles. The quantitative estimate of drug-likeness (QED) is 0.519. The molecule has 0 atom stereocenters. The number of ether oxygens (including phenoxy) is 1. The van der Waals surface area contributed by atoms with Crippen molar-refractivity contribution in [3.8, 4) is 5.75 Å². The zero-order valence-electron chi connectivity index (χ0n) is 18.0. The molecule has 0 radical (unpaired) electrons. The second-order valence-electron chi connectivity index (χ2n) is 7.42. The second-order valence-corrected chi connectivity index (χ2v) is 7.42. The fraction of sp³-hybridized carbons (Fsp3) is 0.280. The van der Waals surface area contributed by atoms with Crippen molar-refractivity contribution < 1.29 is 14.3 Å². The van der Waals surface area contributed by atoms with Gasteiger partial charge in [-0.25, -0.2) is 0 Å². The van der Waals surface area contributed by atoms with Crippen molar-refractivity contribution in [3.05, 3.63) is 88.7 Å². The number of hydrogen-bond donors (Lipinski definition) is 0. The summed E-state index contributed by atoms with van der Waals surface area (Å²) in [6.45, 7) is 7.17. The van der Waals surface area contributed by atoms with Gasteiger partial charge in [0.05, 0.1) is 0 Å². The maximum absolute atomic E-state index is 12.8. The molecule has 1 aromatic heterocycles. The van der Waals surface area contributed by atoms with Crippen LogP contribution < -0.4 is 4.74 Å². The number of amides is 1. The van der Waals surface area contributed by atoms with Crippen molar-refractivity contribution in [2.75, 3.05) is 20.2 Å². The number of aryl methyl sites for hydroxylation is 1. The van der Waals surface area contributed by atoms with Crippen LogP contribution in [0.3, 0.4) is 0 Å². The smallest absolute Gasteiger partial charge is 0.253 e. The van der Waals surface area contributed by atoms with Crippen LogP contribution in [0, 0.1) is 13.8 Å². The minimum Gasteiger partial charge on any atom is -0.485 e. The van der Waals surface area contributed by atoms with Gasteiger partial charge in [-0.05, 0) is 50.6 Å². The Kier molecular flexibility index (Phi) is 6.72. The van der Waals surface area contributed by atoms with E-state index in [1.807, 2.05) is 45.0 Å². The lowest BCUT2D eigenvalue weighted by atomic mass is 10.1. The van der Waals surface area contributed by atoms with Crippen LogP contribution in [0.4, 0.5) is 0 Å². The minimum absolute atomic E-state index is 0.0706. The van der Waals surface area contributed by atoms with Crippen molar-refractivity contribution >= 4 is 11.7 Å². The van der Waals surface area contributed by atoms with Gasteiger partial charge in [0.25, 0.3) is 5.91 Å². The maximum Gasteiger partial charge on any atom is 0.253 e. The Bertz CT molecular complexity index is 1040. The molecule has 156 valence electrons. The van der Waals surface area contributed by atoms with E-state index in [-0.39, 0.29) is 18.3 Å². The van der Waals surface area contributed by atoms with Gasteiger partial charge in [-0.2, -0.15) is 0 Å². The Labute approximate surface area is 177 Å². The van der Waals surface area contributed by atoms with E-state index in [1.54, 1.807) is 36.2 Å². The van der Waals surface area contributed by atoms with Gasteiger partial charge in [0, 0.05) is 42.7 Å². The van der Waals surface area contributed by atoms with E-state index < -0.39 is 0 Å². The maximum atomic E-state index is 12.8. The Morgan fingerprint density at radius 3 is 2.43 bits per heavy atom. The first-order valence-electron chi connectivity index (χ1n) is 10.1. The van der Waals surface area contributed by atoms with Crippen LogP contribution in [-0.4, -0.2) is 41.4 Å². The van der Waals surface area contributed by atoms with Gasteiger partial charge < -0.3 is 14.2 Å². The van der Waals surface area contributed by atoms with Crippen LogP contribution in [0.15, 0.2) is 60.7 Å². The summed E-state index contributed by atoms with van der Waals surface area (Å²) in [5.41, 5.74) is 4.37. The number of ketones is 1. The van der Waals surface area contributed by atoms with Crippen molar-refractivity contribution in [2.24, 2.45) is 0 Å². The Hall–Kier alpha value is -3.34. The molecule has 2 aromatic carbocycles. The van der Waals surface area contributed by atoms with Crippen LogP contribution in [-0.2, 0) is 6.54 Å². The third kappa shape index (κ3) is 4.79. The van der Waals surface area contributed by atoms with E-state index in [0.29, 0.717) is 23.4 Å². The summed E-state index contributed by atoms with van der Waals surface area (Å²) in [5.74, 6) is 0.361. The van der Waals surface area contributed by atoms with Crippen molar-refractivity contribution in [1.82, 2.24) is 9.47 Å². The summed E-state index contributed by atoms with van der Waals surface area (Å²) < 4.78 is 7.86. The number of aromatic nitrogens is 1. The molecule has 0 unspecified atom stereocenters. The lowest BCUT2D eigenvalue weighted by Crippen LogP contribution is -2.26. The summed E-state index contributed by atoms with van der Waals surface area (Å²) in [6.07, 6.45) is 0. The van der Waals surface area contributed by atoms with E-state index in [4.69, 9.17) is 4.74 Å². The zero-order chi connectivity index (χ0) is 21.7.